The van der Waals surface area contributed by atoms with Crippen molar-refractivity contribution in [3.05, 3.63) is 0 Å². The zero-order chi connectivity index (χ0) is 9.15. The van der Waals surface area contributed by atoms with Crippen molar-refractivity contribution in [3.8, 4) is 0 Å². The molecule has 0 aromatic heterocycles. The average molecular weight is 181 g/mol. The van der Waals surface area contributed by atoms with Gasteiger partial charge in [-0.1, -0.05) is 19.8 Å². The molecule has 1 spiro atoms. The van der Waals surface area contributed by atoms with Crippen LogP contribution in [0.25, 0.3) is 0 Å². The minimum atomic E-state index is 0.771. The minimum Gasteiger partial charge on any atom is -0.303 e. The fourth-order valence-electron chi connectivity index (χ4n) is 3.35. The van der Waals surface area contributed by atoms with Crippen LogP contribution in [-0.4, -0.2) is 24.5 Å². The quantitative estimate of drug-likeness (QED) is 0.633. The topological polar surface area (TPSA) is 3.24 Å². The normalized spacial score (nSPS) is 28.4. The minimum absolute atomic E-state index is 0.771. The van der Waals surface area contributed by atoms with Gasteiger partial charge in [0.25, 0.3) is 0 Å². The molecule has 1 heteroatoms. The summed E-state index contributed by atoms with van der Waals surface area (Å²) in [5.41, 5.74) is 0.771. The first-order valence-corrected chi connectivity index (χ1v) is 6.07. The highest BCUT2D eigenvalue weighted by molar-refractivity contribution is 4.90. The Kier molecular flexibility index (Phi) is 2.92. The average Bonchev–Trinajstić information content (AvgIpc) is 2.54. The van der Waals surface area contributed by atoms with Crippen LogP contribution in [0.15, 0.2) is 0 Å². The highest BCUT2D eigenvalue weighted by atomic mass is 15.1. The summed E-state index contributed by atoms with van der Waals surface area (Å²) in [5, 5.41) is 0. The van der Waals surface area contributed by atoms with Crippen molar-refractivity contribution in [2.45, 2.75) is 51.9 Å². The molecule has 13 heavy (non-hydrogen) atoms. The lowest BCUT2D eigenvalue weighted by atomic mass is 9.78. The molecule has 0 aromatic carbocycles. The predicted octanol–water partition coefficient (Wildman–Crippen LogP) is 3.05. The van der Waals surface area contributed by atoms with Crippen LogP contribution in [0, 0.1) is 5.41 Å². The van der Waals surface area contributed by atoms with Gasteiger partial charge in [-0.3, -0.25) is 0 Å². The van der Waals surface area contributed by atoms with Gasteiger partial charge in [-0.25, -0.2) is 0 Å². The molecule has 1 saturated heterocycles. The van der Waals surface area contributed by atoms with Crippen LogP contribution in [0.3, 0.4) is 0 Å². The van der Waals surface area contributed by atoms with E-state index in [0.29, 0.717) is 0 Å². The number of likely N-dealkylation sites (tertiary alicyclic amines) is 1. The molecule has 1 saturated carbocycles. The molecule has 0 radical (unpaired) electrons. The lowest BCUT2D eigenvalue weighted by Gasteiger charge is -2.40. The molecule has 1 nitrogen and oxygen atoms in total. The Labute approximate surface area is 82.5 Å². The Morgan fingerprint density at radius 3 is 2.46 bits per heavy atom. The smallest absolute Gasteiger partial charge is 0.00380 e. The number of rotatable bonds is 2. The van der Waals surface area contributed by atoms with Crippen LogP contribution < -0.4 is 0 Å². The fourth-order valence-corrected chi connectivity index (χ4v) is 3.35. The van der Waals surface area contributed by atoms with Crippen molar-refractivity contribution in [3.63, 3.8) is 0 Å². The van der Waals surface area contributed by atoms with E-state index in [9.17, 15) is 0 Å². The zero-order valence-corrected chi connectivity index (χ0v) is 9.02. The van der Waals surface area contributed by atoms with Gasteiger partial charge in [-0.2, -0.15) is 0 Å². The van der Waals surface area contributed by atoms with Crippen LogP contribution >= 0.6 is 0 Å². The highest BCUT2D eigenvalue weighted by Crippen LogP contribution is 2.44. The molecule has 0 amide bonds. The lowest BCUT2D eigenvalue weighted by Crippen LogP contribution is -2.42. The fraction of sp³-hybridized carbons (Fsp3) is 1.00. The van der Waals surface area contributed by atoms with Crippen molar-refractivity contribution in [2.75, 3.05) is 19.6 Å². The van der Waals surface area contributed by atoms with Crippen LogP contribution in [-0.2, 0) is 0 Å². The van der Waals surface area contributed by atoms with Gasteiger partial charge in [0.05, 0.1) is 0 Å². The third kappa shape index (κ3) is 2.07. The molecule has 0 atom stereocenters. The molecule has 1 aliphatic heterocycles. The Morgan fingerprint density at radius 1 is 1.08 bits per heavy atom. The van der Waals surface area contributed by atoms with Crippen molar-refractivity contribution in [2.24, 2.45) is 5.41 Å². The van der Waals surface area contributed by atoms with Gasteiger partial charge < -0.3 is 4.90 Å². The maximum Gasteiger partial charge on any atom is 0.00380 e. The Hall–Kier alpha value is -0.0400. The van der Waals surface area contributed by atoms with Gasteiger partial charge in [-0.05, 0) is 50.6 Å². The third-order valence-corrected chi connectivity index (χ3v) is 3.94. The van der Waals surface area contributed by atoms with Crippen LogP contribution in [0.5, 0.6) is 0 Å². The first-order chi connectivity index (χ1) is 6.35. The molecule has 1 aliphatic carbocycles. The van der Waals surface area contributed by atoms with Gasteiger partial charge in [-0.15, -0.1) is 0 Å². The molecule has 2 aliphatic rings. The van der Waals surface area contributed by atoms with Crippen molar-refractivity contribution in [1.29, 1.82) is 0 Å². The second-order valence-corrected chi connectivity index (χ2v) is 5.09. The van der Waals surface area contributed by atoms with E-state index in [1.54, 1.807) is 0 Å². The molecule has 76 valence electrons. The van der Waals surface area contributed by atoms with Crippen molar-refractivity contribution >= 4 is 0 Å². The van der Waals surface area contributed by atoms with Crippen molar-refractivity contribution in [1.82, 2.24) is 4.90 Å². The SMILES string of the molecule is CCCN1CCCC2(CCCC2)C1. The molecule has 0 aromatic rings. The highest BCUT2D eigenvalue weighted by Gasteiger charge is 2.37. The standard InChI is InChI=1S/C12H23N/c1-2-9-13-10-5-8-12(11-13)6-3-4-7-12/h2-11H2,1H3. The maximum atomic E-state index is 2.70. The molecule has 2 rings (SSSR count). The molecule has 0 unspecified atom stereocenters. The number of nitrogens with zero attached hydrogens (tertiary/aromatic N) is 1. The van der Waals surface area contributed by atoms with E-state index in [0.717, 1.165) is 5.41 Å². The Balaban J connectivity index is 1.90. The largest absolute Gasteiger partial charge is 0.303 e. The van der Waals surface area contributed by atoms with E-state index in [4.69, 9.17) is 0 Å². The van der Waals surface area contributed by atoms with Gasteiger partial charge in [0.15, 0.2) is 0 Å². The Morgan fingerprint density at radius 2 is 1.77 bits per heavy atom. The molecular formula is C12H23N. The summed E-state index contributed by atoms with van der Waals surface area (Å²) >= 11 is 0. The van der Waals surface area contributed by atoms with Gasteiger partial charge in [0, 0.05) is 6.54 Å². The third-order valence-electron chi connectivity index (χ3n) is 3.94. The molecule has 0 bridgehead atoms. The Bertz CT molecular complexity index is 157. The summed E-state index contributed by atoms with van der Waals surface area (Å²) < 4.78 is 0. The van der Waals surface area contributed by atoms with Gasteiger partial charge in [0.2, 0.25) is 0 Å². The van der Waals surface area contributed by atoms with Crippen LogP contribution in [0.2, 0.25) is 0 Å². The molecule has 2 fully saturated rings. The monoisotopic (exact) mass is 181 g/mol. The second-order valence-electron chi connectivity index (χ2n) is 5.09. The van der Waals surface area contributed by atoms with E-state index < -0.39 is 0 Å². The zero-order valence-electron chi connectivity index (χ0n) is 9.02. The van der Waals surface area contributed by atoms with Gasteiger partial charge >= 0.3 is 0 Å². The summed E-state index contributed by atoms with van der Waals surface area (Å²) in [6.07, 6.45) is 10.4. The van der Waals surface area contributed by atoms with E-state index in [1.165, 1.54) is 64.6 Å². The number of hydrogen-bond donors (Lipinski definition) is 0. The van der Waals surface area contributed by atoms with Crippen LogP contribution in [0.4, 0.5) is 0 Å². The summed E-state index contributed by atoms with van der Waals surface area (Å²) in [6.45, 7) is 6.42. The first kappa shape index (κ1) is 9.51. The summed E-state index contributed by atoms with van der Waals surface area (Å²) in [5.74, 6) is 0. The first-order valence-electron chi connectivity index (χ1n) is 6.07. The summed E-state index contributed by atoms with van der Waals surface area (Å²) in [4.78, 5) is 2.70. The van der Waals surface area contributed by atoms with E-state index in [1.807, 2.05) is 0 Å². The van der Waals surface area contributed by atoms with Crippen molar-refractivity contribution < 1.29 is 0 Å². The lowest BCUT2D eigenvalue weighted by molar-refractivity contribution is 0.0933. The van der Waals surface area contributed by atoms with Crippen LogP contribution in [0.1, 0.15) is 51.9 Å². The molecule has 1 heterocycles. The van der Waals surface area contributed by atoms with Gasteiger partial charge in [0.1, 0.15) is 0 Å². The number of hydrogen-bond acceptors (Lipinski definition) is 1. The number of piperidine rings is 1. The van der Waals surface area contributed by atoms with E-state index in [-0.39, 0.29) is 0 Å². The summed E-state index contributed by atoms with van der Waals surface area (Å²) in [6, 6.07) is 0. The predicted molar refractivity (Wildman–Crippen MR) is 56.9 cm³/mol. The molecule has 0 N–H and O–H groups in total. The van der Waals surface area contributed by atoms with E-state index in [2.05, 4.69) is 11.8 Å². The maximum absolute atomic E-state index is 2.70. The molecular weight excluding hydrogens is 158 g/mol. The van der Waals surface area contributed by atoms with E-state index >= 15 is 0 Å². The second kappa shape index (κ2) is 4.00. The summed E-state index contributed by atoms with van der Waals surface area (Å²) in [7, 11) is 0.